The van der Waals surface area contributed by atoms with Crippen molar-refractivity contribution in [1.29, 1.82) is 5.41 Å². The maximum atomic E-state index is 11.9. The molecule has 7 heteroatoms. The third-order valence-corrected chi connectivity index (χ3v) is 3.65. The van der Waals surface area contributed by atoms with Crippen LogP contribution in [-0.2, 0) is 10.0 Å². The van der Waals surface area contributed by atoms with Crippen LogP contribution in [0.15, 0.2) is 29.4 Å². The molecular weight excluding hydrogens is 240 g/mol. The summed E-state index contributed by atoms with van der Waals surface area (Å²) < 4.78 is 26.3. The lowest BCUT2D eigenvalue weighted by Crippen LogP contribution is -2.47. The predicted octanol–water partition coefficient (Wildman–Crippen LogP) is 0.320. The second-order valence-corrected chi connectivity index (χ2v) is 5.70. The summed E-state index contributed by atoms with van der Waals surface area (Å²) >= 11 is 0. The standard InChI is InChI=1S/C10H16N4O2S/c1-7(2)9(10(11)12)14-17(15,16)8-4-3-5-13-6-8/h3-7,9,14H,1-2H3,(H3,11,12). The second kappa shape index (κ2) is 5.24. The van der Waals surface area contributed by atoms with E-state index in [-0.39, 0.29) is 16.6 Å². The van der Waals surface area contributed by atoms with Gasteiger partial charge in [0.1, 0.15) is 10.7 Å². The molecule has 1 rings (SSSR count). The fraction of sp³-hybridized carbons (Fsp3) is 0.400. The lowest BCUT2D eigenvalue weighted by atomic mass is 10.1. The number of amidine groups is 1. The van der Waals surface area contributed by atoms with Crippen LogP contribution >= 0.6 is 0 Å². The Morgan fingerprint density at radius 1 is 1.53 bits per heavy atom. The molecule has 0 bridgehead atoms. The van der Waals surface area contributed by atoms with Crippen LogP contribution in [0.1, 0.15) is 13.8 Å². The molecule has 0 aliphatic rings. The van der Waals surface area contributed by atoms with Gasteiger partial charge in [-0.15, -0.1) is 0 Å². The Labute approximate surface area is 101 Å². The number of nitrogens with zero attached hydrogens (tertiary/aromatic N) is 1. The topological polar surface area (TPSA) is 109 Å². The normalized spacial score (nSPS) is 13.6. The third-order valence-electron chi connectivity index (χ3n) is 2.23. The summed E-state index contributed by atoms with van der Waals surface area (Å²) in [7, 11) is -3.68. The average Bonchev–Trinajstić information content (AvgIpc) is 2.26. The number of sulfonamides is 1. The van der Waals surface area contributed by atoms with Crippen LogP contribution in [-0.4, -0.2) is 25.3 Å². The third kappa shape index (κ3) is 3.50. The lowest BCUT2D eigenvalue weighted by Gasteiger charge is -2.20. The highest BCUT2D eigenvalue weighted by atomic mass is 32.2. The molecular formula is C10H16N4O2S. The van der Waals surface area contributed by atoms with Crippen molar-refractivity contribution >= 4 is 15.9 Å². The minimum Gasteiger partial charge on any atom is -0.386 e. The van der Waals surface area contributed by atoms with E-state index in [1.165, 1.54) is 24.5 Å². The summed E-state index contributed by atoms with van der Waals surface area (Å²) in [4.78, 5) is 3.81. The smallest absolute Gasteiger partial charge is 0.242 e. The molecule has 1 aromatic heterocycles. The molecule has 0 saturated carbocycles. The molecule has 0 fully saturated rings. The van der Waals surface area contributed by atoms with Crippen LogP contribution in [0, 0.1) is 11.3 Å². The summed E-state index contributed by atoms with van der Waals surface area (Å²) in [6.07, 6.45) is 2.74. The molecule has 6 nitrogen and oxygen atoms in total. The van der Waals surface area contributed by atoms with Gasteiger partial charge < -0.3 is 5.73 Å². The maximum absolute atomic E-state index is 11.9. The molecule has 0 spiro atoms. The van der Waals surface area contributed by atoms with E-state index in [2.05, 4.69) is 9.71 Å². The van der Waals surface area contributed by atoms with Crippen molar-refractivity contribution in [2.24, 2.45) is 11.7 Å². The van der Waals surface area contributed by atoms with E-state index in [1.54, 1.807) is 13.8 Å². The van der Waals surface area contributed by atoms with E-state index in [4.69, 9.17) is 11.1 Å². The number of aromatic nitrogens is 1. The van der Waals surface area contributed by atoms with Gasteiger partial charge in [-0.1, -0.05) is 13.8 Å². The number of hydrogen-bond donors (Lipinski definition) is 3. The van der Waals surface area contributed by atoms with Gasteiger partial charge in [0, 0.05) is 12.4 Å². The van der Waals surface area contributed by atoms with Crippen molar-refractivity contribution in [2.45, 2.75) is 24.8 Å². The zero-order valence-electron chi connectivity index (χ0n) is 9.71. The Bertz CT molecular complexity index is 484. The van der Waals surface area contributed by atoms with E-state index in [9.17, 15) is 8.42 Å². The SMILES string of the molecule is CC(C)C(NS(=O)(=O)c1cccnc1)C(=N)N. The monoisotopic (exact) mass is 256 g/mol. The zero-order chi connectivity index (χ0) is 13.1. The molecule has 0 amide bonds. The first-order valence-corrected chi connectivity index (χ1v) is 6.59. The van der Waals surface area contributed by atoms with E-state index in [1.807, 2.05) is 0 Å². The van der Waals surface area contributed by atoms with Crippen molar-refractivity contribution in [1.82, 2.24) is 9.71 Å². The fourth-order valence-electron chi connectivity index (χ4n) is 1.30. The van der Waals surface area contributed by atoms with Gasteiger partial charge in [0.15, 0.2) is 0 Å². The predicted molar refractivity (Wildman–Crippen MR) is 65.1 cm³/mol. The number of hydrogen-bond acceptors (Lipinski definition) is 4. The van der Waals surface area contributed by atoms with Crippen LogP contribution in [0.3, 0.4) is 0 Å². The summed E-state index contributed by atoms with van der Waals surface area (Å²) in [5, 5.41) is 7.36. The number of rotatable bonds is 5. The molecule has 4 N–H and O–H groups in total. The van der Waals surface area contributed by atoms with Crippen LogP contribution in [0.2, 0.25) is 0 Å². The molecule has 1 heterocycles. The number of nitrogens with one attached hydrogen (secondary N) is 2. The van der Waals surface area contributed by atoms with Gasteiger partial charge in [-0.2, -0.15) is 0 Å². The highest BCUT2D eigenvalue weighted by Gasteiger charge is 2.24. The van der Waals surface area contributed by atoms with E-state index >= 15 is 0 Å². The minimum absolute atomic E-state index is 0.0619. The molecule has 0 aromatic carbocycles. The largest absolute Gasteiger partial charge is 0.386 e. The van der Waals surface area contributed by atoms with Crippen molar-refractivity contribution in [3.63, 3.8) is 0 Å². The van der Waals surface area contributed by atoms with Crippen LogP contribution in [0.4, 0.5) is 0 Å². The average molecular weight is 256 g/mol. The summed E-state index contributed by atoms with van der Waals surface area (Å²) in [5.41, 5.74) is 5.36. The Morgan fingerprint density at radius 3 is 2.59 bits per heavy atom. The first-order chi connectivity index (χ1) is 7.84. The van der Waals surface area contributed by atoms with Gasteiger partial charge in [0.05, 0.1) is 6.04 Å². The molecule has 0 aliphatic heterocycles. The molecule has 1 unspecified atom stereocenters. The number of pyridine rings is 1. The highest BCUT2D eigenvalue weighted by Crippen LogP contribution is 2.09. The Hall–Kier alpha value is -1.47. The molecule has 17 heavy (non-hydrogen) atoms. The second-order valence-electron chi connectivity index (χ2n) is 3.99. The van der Waals surface area contributed by atoms with Crippen molar-refractivity contribution < 1.29 is 8.42 Å². The van der Waals surface area contributed by atoms with Gasteiger partial charge in [-0.05, 0) is 18.1 Å². The van der Waals surface area contributed by atoms with Gasteiger partial charge in [-0.25, -0.2) is 13.1 Å². The van der Waals surface area contributed by atoms with Crippen molar-refractivity contribution in [3.05, 3.63) is 24.5 Å². The van der Waals surface area contributed by atoms with Gasteiger partial charge in [0.2, 0.25) is 10.0 Å². The van der Waals surface area contributed by atoms with Gasteiger partial charge in [0.25, 0.3) is 0 Å². The first-order valence-electron chi connectivity index (χ1n) is 5.11. The Morgan fingerprint density at radius 2 is 2.18 bits per heavy atom. The maximum Gasteiger partial charge on any atom is 0.242 e. The van der Waals surface area contributed by atoms with Crippen LogP contribution < -0.4 is 10.5 Å². The molecule has 94 valence electrons. The molecule has 1 atom stereocenters. The van der Waals surface area contributed by atoms with Crippen LogP contribution in [0.5, 0.6) is 0 Å². The quantitative estimate of drug-likeness (QED) is 0.520. The molecule has 1 aromatic rings. The number of nitrogens with two attached hydrogens (primary N) is 1. The minimum atomic E-state index is -3.68. The lowest BCUT2D eigenvalue weighted by molar-refractivity contribution is 0.522. The van der Waals surface area contributed by atoms with Gasteiger partial charge in [-0.3, -0.25) is 10.4 Å². The van der Waals surface area contributed by atoms with E-state index in [0.29, 0.717) is 0 Å². The Balaban J connectivity index is 2.97. The van der Waals surface area contributed by atoms with Gasteiger partial charge >= 0.3 is 0 Å². The summed E-state index contributed by atoms with van der Waals surface area (Å²) in [5.74, 6) is -0.300. The first kappa shape index (κ1) is 13.6. The molecule has 0 aliphatic carbocycles. The van der Waals surface area contributed by atoms with Crippen molar-refractivity contribution in [2.75, 3.05) is 0 Å². The fourth-order valence-corrected chi connectivity index (χ4v) is 2.63. The summed E-state index contributed by atoms with van der Waals surface area (Å²) in [6, 6.07) is 2.26. The van der Waals surface area contributed by atoms with Crippen molar-refractivity contribution in [3.8, 4) is 0 Å². The molecule has 0 radical (unpaired) electrons. The van der Waals surface area contributed by atoms with E-state index in [0.717, 1.165) is 0 Å². The Kier molecular flexibility index (Phi) is 4.19. The molecule has 0 saturated heterocycles. The van der Waals surface area contributed by atoms with E-state index < -0.39 is 16.1 Å². The summed E-state index contributed by atoms with van der Waals surface area (Å²) in [6.45, 7) is 3.58. The van der Waals surface area contributed by atoms with Crippen LogP contribution in [0.25, 0.3) is 0 Å². The highest BCUT2D eigenvalue weighted by molar-refractivity contribution is 7.89. The zero-order valence-corrected chi connectivity index (χ0v) is 10.5.